The zero-order chi connectivity index (χ0) is 21.6. The third-order valence-corrected chi connectivity index (χ3v) is 5.92. The maximum atomic E-state index is 13.7. The first-order chi connectivity index (χ1) is 15.1. The molecule has 4 rings (SSSR count). The highest BCUT2D eigenvalue weighted by molar-refractivity contribution is 5.78. The van der Waals surface area contributed by atoms with Gasteiger partial charge in [0.15, 0.2) is 6.61 Å². The number of piperidine rings is 1. The molecule has 2 aliphatic rings. The Morgan fingerprint density at radius 1 is 1.16 bits per heavy atom. The van der Waals surface area contributed by atoms with E-state index in [4.69, 9.17) is 4.74 Å². The normalized spacial score (nSPS) is 21.1. The average molecular weight is 426 g/mol. The molecule has 0 unspecified atom stereocenters. The predicted octanol–water partition coefficient (Wildman–Crippen LogP) is 2.94. The summed E-state index contributed by atoms with van der Waals surface area (Å²) in [5.74, 6) is 0.372. The van der Waals surface area contributed by atoms with Crippen molar-refractivity contribution in [2.45, 2.75) is 44.3 Å². The zero-order valence-corrected chi connectivity index (χ0v) is 17.5. The molecule has 2 N–H and O–H groups in total. The first-order valence-corrected chi connectivity index (χ1v) is 10.9. The van der Waals surface area contributed by atoms with Gasteiger partial charge in [0.1, 0.15) is 11.6 Å². The molecule has 0 spiro atoms. The van der Waals surface area contributed by atoms with E-state index in [0.29, 0.717) is 25.1 Å². The lowest BCUT2D eigenvalue weighted by Gasteiger charge is -2.33. The molecule has 2 amide bonds. The van der Waals surface area contributed by atoms with Crippen molar-refractivity contribution in [1.82, 2.24) is 15.5 Å². The standard InChI is InChI=1S/C24H28FN3O3/c25-19-5-3-4-18(14-19)24-21(10-11-22(29)27-24)26-15-17-6-8-20(9-7-17)31-16-23(30)28-12-1-2-13-28/h3-9,14,21,24,26H,1-2,10-13,15-16H2,(H,27,29)/t21-,24+/m1/s1. The molecule has 164 valence electrons. The van der Waals surface area contributed by atoms with Crippen molar-refractivity contribution in [2.75, 3.05) is 19.7 Å². The summed E-state index contributed by atoms with van der Waals surface area (Å²) >= 11 is 0. The number of nitrogens with zero attached hydrogens (tertiary/aromatic N) is 1. The molecular weight excluding hydrogens is 397 g/mol. The average Bonchev–Trinajstić information content (AvgIpc) is 3.32. The Morgan fingerprint density at radius 3 is 2.68 bits per heavy atom. The molecule has 2 aromatic rings. The van der Waals surface area contributed by atoms with E-state index in [1.165, 1.54) is 12.1 Å². The predicted molar refractivity (Wildman–Crippen MR) is 115 cm³/mol. The number of carbonyl (C=O) groups excluding carboxylic acids is 2. The Bertz CT molecular complexity index is 913. The fraction of sp³-hybridized carbons (Fsp3) is 0.417. The van der Waals surface area contributed by atoms with Crippen LogP contribution in [0.5, 0.6) is 5.75 Å². The van der Waals surface area contributed by atoms with E-state index in [9.17, 15) is 14.0 Å². The number of nitrogens with one attached hydrogen (secondary N) is 2. The summed E-state index contributed by atoms with van der Waals surface area (Å²) in [5, 5.41) is 6.48. The maximum absolute atomic E-state index is 13.7. The maximum Gasteiger partial charge on any atom is 0.260 e. The van der Waals surface area contributed by atoms with Crippen LogP contribution in [0.25, 0.3) is 0 Å². The van der Waals surface area contributed by atoms with Crippen molar-refractivity contribution < 1.29 is 18.7 Å². The van der Waals surface area contributed by atoms with E-state index >= 15 is 0 Å². The van der Waals surface area contributed by atoms with Crippen molar-refractivity contribution in [3.05, 3.63) is 65.5 Å². The number of amides is 2. The minimum atomic E-state index is -0.310. The van der Waals surface area contributed by atoms with Gasteiger partial charge in [-0.3, -0.25) is 9.59 Å². The molecule has 0 saturated carbocycles. The number of hydrogen-bond acceptors (Lipinski definition) is 4. The number of carbonyl (C=O) groups is 2. The van der Waals surface area contributed by atoms with E-state index < -0.39 is 0 Å². The molecule has 0 bridgehead atoms. The minimum Gasteiger partial charge on any atom is -0.484 e. The van der Waals surface area contributed by atoms with Gasteiger partial charge in [-0.05, 0) is 54.7 Å². The number of ether oxygens (including phenoxy) is 1. The number of hydrogen-bond donors (Lipinski definition) is 2. The smallest absolute Gasteiger partial charge is 0.260 e. The molecule has 2 aromatic carbocycles. The molecule has 2 saturated heterocycles. The first kappa shape index (κ1) is 21.3. The van der Waals surface area contributed by atoms with Gasteiger partial charge in [-0.25, -0.2) is 4.39 Å². The molecule has 6 nitrogen and oxygen atoms in total. The second-order valence-corrected chi connectivity index (χ2v) is 8.15. The minimum absolute atomic E-state index is 0.00788. The van der Waals surface area contributed by atoms with E-state index in [-0.39, 0.29) is 36.3 Å². The largest absolute Gasteiger partial charge is 0.484 e. The Kier molecular flexibility index (Phi) is 6.82. The summed E-state index contributed by atoms with van der Waals surface area (Å²) in [5.41, 5.74) is 1.82. The highest BCUT2D eigenvalue weighted by atomic mass is 19.1. The van der Waals surface area contributed by atoms with Crippen LogP contribution < -0.4 is 15.4 Å². The molecular formula is C24H28FN3O3. The van der Waals surface area contributed by atoms with Crippen LogP contribution in [0.2, 0.25) is 0 Å². The van der Waals surface area contributed by atoms with Crippen LogP contribution in [-0.4, -0.2) is 42.5 Å². The number of rotatable bonds is 7. The summed E-state index contributed by atoms with van der Waals surface area (Å²) in [4.78, 5) is 25.8. The molecule has 0 aliphatic carbocycles. The van der Waals surface area contributed by atoms with Gasteiger partial charge in [-0.2, -0.15) is 0 Å². The molecule has 2 fully saturated rings. The monoisotopic (exact) mass is 425 g/mol. The van der Waals surface area contributed by atoms with Crippen molar-refractivity contribution in [2.24, 2.45) is 0 Å². The third kappa shape index (κ3) is 5.61. The van der Waals surface area contributed by atoms with Crippen LogP contribution in [-0.2, 0) is 16.1 Å². The molecule has 7 heteroatoms. The van der Waals surface area contributed by atoms with Crippen LogP contribution >= 0.6 is 0 Å². The van der Waals surface area contributed by atoms with Crippen molar-refractivity contribution in [3.8, 4) is 5.75 Å². The highest BCUT2D eigenvalue weighted by Crippen LogP contribution is 2.25. The van der Waals surface area contributed by atoms with Gasteiger partial charge < -0.3 is 20.3 Å². The topological polar surface area (TPSA) is 70.7 Å². The Morgan fingerprint density at radius 2 is 1.94 bits per heavy atom. The lowest BCUT2D eigenvalue weighted by atomic mass is 9.91. The number of likely N-dealkylation sites (tertiary alicyclic amines) is 1. The van der Waals surface area contributed by atoms with Gasteiger partial charge in [-0.1, -0.05) is 24.3 Å². The van der Waals surface area contributed by atoms with Gasteiger partial charge in [0, 0.05) is 32.1 Å². The van der Waals surface area contributed by atoms with Gasteiger partial charge in [0.25, 0.3) is 5.91 Å². The van der Waals surface area contributed by atoms with Gasteiger partial charge in [0.05, 0.1) is 6.04 Å². The fourth-order valence-corrected chi connectivity index (χ4v) is 4.19. The Hall–Kier alpha value is -2.93. The van der Waals surface area contributed by atoms with E-state index in [1.807, 2.05) is 35.2 Å². The summed E-state index contributed by atoms with van der Waals surface area (Å²) in [6, 6.07) is 13.8. The summed E-state index contributed by atoms with van der Waals surface area (Å²) < 4.78 is 19.3. The molecule has 2 aliphatic heterocycles. The molecule has 2 atom stereocenters. The van der Waals surface area contributed by atoms with Crippen molar-refractivity contribution in [1.29, 1.82) is 0 Å². The van der Waals surface area contributed by atoms with Gasteiger partial charge >= 0.3 is 0 Å². The van der Waals surface area contributed by atoms with Crippen molar-refractivity contribution in [3.63, 3.8) is 0 Å². The van der Waals surface area contributed by atoms with E-state index in [1.54, 1.807) is 6.07 Å². The molecule has 2 heterocycles. The second-order valence-electron chi connectivity index (χ2n) is 8.15. The van der Waals surface area contributed by atoms with Crippen molar-refractivity contribution >= 4 is 11.8 Å². The second kappa shape index (κ2) is 9.92. The molecule has 0 radical (unpaired) electrons. The highest BCUT2D eigenvalue weighted by Gasteiger charge is 2.29. The van der Waals surface area contributed by atoms with E-state index in [0.717, 1.165) is 37.1 Å². The fourth-order valence-electron chi connectivity index (χ4n) is 4.19. The summed E-state index contributed by atoms with van der Waals surface area (Å²) in [7, 11) is 0. The molecule has 0 aromatic heterocycles. The van der Waals surface area contributed by atoms with Crippen LogP contribution in [0, 0.1) is 5.82 Å². The first-order valence-electron chi connectivity index (χ1n) is 10.9. The quantitative estimate of drug-likeness (QED) is 0.716. The van der Waals surface area contributed by atoms with Crippen LogP contribution in [0.1, 0.15) is 42.9 Å². The van der Waals surface area contributed by atoms with E-state index in [2.05, 4.69) is 10.6 Å². The summed E-state index contributed by atoms with van der Waals surface area (Å²) in [6.07, 6.45) is 3.27. The Labute approximate surface area is 181 Å². The molecule has 31 heavy (non-hydrogen) atoms. The third-order valence-electron chi connectivity index (χ3n) is 5.92. The Balaban J connectivity index is 1.31. The lowest BCUT2D eigenvalue weighted by molar-refractivity contribution is -0.132. The van der Waals surface area contributed by atoms with Crippen LogP contribution in [0.4, 0.5) is 4.39 Å². The van der Waals surface area contributed by atoms with Crippen LogP contribution in [0.3, 0.4) is 0 Å². The summed E-state index contributed by atoms with van der Waals surface area (Å²) in [6.45, 7) is 2.32. The zero-order valence-electron chi connectivity index (χ0n) is 17.5. The number of halogens is 1. The van der Waals surface area contributed by atoms with Crippen LogP contribution in [0.15, 0.2) is 48.5 Å². The SMILES string of the molecule is O=C1CC[C@@H](NCc2ccc(OCC(=O)N3CCCC3)cc2)[C@H](c2cccc(F)c2)N1. The van der Waals surface area contributed by atoms with Gasteiger partial charge in [0.2, 0.25) is 5.91 Å². The number of benzene rings is 2. The van der Waals surface area contributed by atoms with Gasteiger partial charge in [-0.15, -0.1) is 0 Å². The lowest BCUT2D eigenvalue weighted by Crippen LogP contribution is -2.48.